The van der Waals surface area contributed by atoms with Crippen LogP contribution in [-0.4, -0.2) is 17.1 Å². The minimum Gasteiger partial charge on any atom is -0.383 e. The predicted octanol–water partition coefficient (Wildman–Crippen LogP) is 1.05. The van der Waals surface area contributed by atoms with E-state index in [0.29, 0.717) is 5.92 Å². The van der Waals surface area contributed by atoms with E-state index < -0.39 is 12.0 Å². The Balaban J connectivity index is 2.44. The molecule has 0 spiro atoms. The fraction of sp³-hybridized carbons (Fsp3) is 0.900. The van der Waals surface area contributed by atoms with Crippen molar-refractivity contribution in [2.24, 2.45) is 17.6 Å². The third-order valence-electron chi connectivity index (χ3n) is 3.18. The highest BCUT2D eigenvalue weighted by molar-refractivity contribution is 5.78. The first kappa shape index (κ1) is 10.5. The van der Waals surface area contributed by atoms with Gasteiger partial charge >= 0.3 is 0 Å². The number of rotatable bonds is 3. The molecule has 3 nitrogen and oxygen atoms in total. The van der Waals surface area contributed by atoms with E-state index in [4.69, 9.17) is 5.73 Å². The molecule has 0 aromatic rings. The fourth-order valence-corrected chi connectivity index (χ4v) is 2.18. The Kier molecular flexibility index (Phi) is 3.72. The van der Waals surface area contributed by atoms with Crippen LogP contribution in [0.2, 0.25) is 0 Å². The third-order valence-corrected chi connectivity index (χ3v) is 3.18. The molecule has 0 saturated heterocycles. The van der Waals surface area contributed by atoms with Gasteiger partial charge < -0.3 is 10.8 Å². The maximum atomic E-state index is 10.8. The molecular weight excluding hydrogens is 166 g/mol. The summed E-state index contributed by atoms with van der Waals surface area (Å²) in [5.74, 6) is -0.0767. The molecule has 1 fully saturated rings. The lowest BCUT2D eigenvalue weighted by molar-refractivity contribution is -0.129. The Hall–Kier alpha value is -0.570. The van der Waals surface area contributed by atoms with Gasteiger partial charge in [0.25, 0.3) is 0 Å². The molecular formula is C10H19NO2. The molecule has 0 aromatic carbocycles. The number of carbonyl (C=O) groups is 1. The van der Waals surface area contributed by atoms with Crippen LogP contribution in [0.1, 0.15) is 39.0 Å². The first-order chi connectivity index (χ1) is 6.13. The summed E-state index contributed by atoms with van der Waals surface area (Å²) in [6.45, 7) is 1.92. The second-order valence-corrected chi connectivity index (χ2v) is 4.10. The van der Waals surface area contributed by atoms with E-state index in [1.54, 1.807) is 0 Å². The largest absolute Gasteiger partial charge is 0.383 e. The summed E-state index contributed by atoms with van der Waals surface area (Å²) in [6, 6.07) is 0. The molecule has 1 aliphatic rings. The SMILES string of the molecule is CC(C1CCCCC1)C(O)C(N)=O. The van der Waals surface area contributed by atoms with Gasteiger partial charge in [-0.25, -0.2) is 0 Å². The van der Waals surface area contributed by atoms with Gasteiger partial charge in [0.15, 0.2) is 0 Å². The summed E-state index contributed by atoms with van der Waals surface area (Å²) in [5, 5.41) is 9.47. The lowest BCUT2D eigenvalue weighted by atomic mass is 9.78. The Bertz CT molecular complexity index is 176. The minimum atomic E-state index is -0.955. The Morgan fingerprint density at radius 1 is 1.38 bits per heavy atom. The van der Waals surface area contributed by atoms with Crippen molar-refractivity contribution in [2.45, 2.75) is 45.1 Å². The number of primary amides is 1. The van der Waals surface area contributed by atoms with Crippen LogP contribution >= 0.6 is 0 Å². The summed E-state index contributed by atoms with van der Waals surface area (Å²) >= 11 is 0. The van der Waals surface area contributed by atoms with Crippen molar-refractivity contribution in [3.63, 3.8) is 0 Å². The highest BCUT2D eigenvalue weighted by Crippen LogP contribution is 2.31. The van der Waals surface area contributed by atoms with Gasteiger partial charge in [-0.2, -0.15) is 0 Å². The van der Waals surface area contributed by atoms with Crippen LogP contribution in [0, 0.1) is 11.8 Å². The summed E-state index contributed by atoms with van der Waals surface area (Å²) in [5.41, 5.74) is 5.05. The second kappa shape index (κ2) is 4.61. The standard InChI is InChI=1S/C10H19NO2/c1-7(9(12)10(11)13)8-5-3-2-4-6-8/h7-9,12H,2-6H2,1H3,(H2,11,13). The van der Waals surface area contributed by atoms with Gasteiger partial charge in [0.1, 0.15) is 6.10 Å². The summed E-state index contributed by atoms with van der Waals surface area (Å²) in [4.78, 5) is 10.8. The molecule has 76 valence electrons. The topological polar surface area (TPSA) is 63.3 Å². The predicted molar refractivity (Wildman–Crippen MR) is 50.9 cm³/mol. The lowest BCUT2D eigenvalue weighted by Gasteiger charge is -2.29. The van der Waals surface area contributed by atoms with Crippen LogP contribution in [0.15, 0.2) is 0 Å². The molecule has 0 radical (unpaired) electrons. The number of aliphatic hydroxyl groups excluding tert-OH is 1. The zero-order chi connectivity index (χ0) is 9.84. The van der Waals surface area contributed by atoms with Gasteiger partial charge in [0.05, 0.1) is 0 Å². The van der Waals surface area contributed by atoms with Crippen molar-refractivity contribution in [3.8, 4) is 0 Å². The van der Waals surface area contributed by atoms with Crippen molar-refractivity contribution in [1.29, 1.82) is 0 Å². The molecule has 1 aliphatic carbocycles. The number of amides is 1. The first-order valence-corrected chi connectivity index (χ1v) is 5.10. The van der Waals surface area contributed by atoms with Gasteiger partial charge in [-0.1, -0.05) is 39.0 Å². The molecule has 0 bridgehead atoms. The van der Waals surface area contributed by atoms with E-state index in [9.17, 15) is 9.90 Å². The van der Waals surface area contributed by atoms with Crippen LogP contribution in [0.25, 0.3) is 0 Å². The van der Waals surface area contributed by atoms with Crippen molar-refractivity contribution in [3.05, 3.63) is 0 Å². The quantitative estimate of drug-likeness (QED) is 0.690. The number of aliphatic hydroxyl groups is 1. The molecule has 0 heterocycles. The van der Waals surface area contributed by atoms with Crippen LogP contribution in [0.5, 0.6) is 0 Å². The van der Waals surface area contributed by atoms with Crippen molar-refractivity contribution in [1.82, 2.24) is 0 Å². The molecule has 0 aromatic heterocycles. The zero-order valence-corrected chi connectivity index (χ0v) is 8.20. The average Bonchev–Trinajstić information content (AvgIpc) is 2.17. The van der Waals surface area contributed by atoms with E-state index in [1.807, 2.05) is 6.92 Å². The molecule has 1 amide bonds. The zero-order valence-electron chi connectivity index (χ0n) is 8.20. The number of hydrogen-bond acceptors (Lipinski definition) is 2. The first-order valence-electron chi connectivity index (χ1n) is 5.10. The van der Waals surface area contributed by atoms with Crippen molar-refractivity contribution >= 4 is 5.91 Å². The van der Waals surface area contributed by atoms with E-state index >= 15 is 0 Å². The number of nitrogens with two attached hydrogens (primary N) is 1. The molecule has 3 heteroatoms. The Morgan fingerprint density at radius 2 is 1.92 bits per heavy atom. The lowest BCUT2D eigenvalue weighted by Crippen LogP contribution is -2.37. The fourth-order valence-electron chi connectivity index (χ4n) is 2.18. The van der Waals surface area contributed by atoms with Gasteiger partial charge in [0.2, 0.25) is 5.91 Å². The molecule has 1 saturated carbocycles. The van der Waals surface area contributed by atoms with E-state index in [0.717, 1.165) is 12.8 Å². The van der Waals surface area contributed by atoms with Crippen LogP contribution < -0.4 is 5.73 Å². The summed E-state index contributed by atoms with van der Waals surface area (Å²) < 4.78 is 0. The summed E-state index contributed by atoms with van der Waals surface area (Å²) in [7, 11) is 0. The number of carbonyl (C=O) groups excluding carboxylic acids is 1. The van der Waals surface area contributed by atoms with Crippen molar-refractivity contribution < 1.29 is 9.90 Å². The Labute approximate surface area is 79.3 Å². The van der Waals surface area contributed by atoms with Gasteiger partial charge in [0, 0.05) is 0 Å². The average molecular weight is 185 g/mol. The molecule has 2 atom stereocenters. The smallest absolute Gasteiger partial charge is 0.246 e. The minimum absolute atomic E-state index is 0.0257. The van der Waals surface area contributed by atoms with E-state index in [-0.39, 0.29) is 5.92 Å². The van der Waals surface area contributed by atoms with Gasteiger partial charge in [-0.15, -0.1) is 0 Å². The highest BCUT2D eigenvalue weighted by Gasteiger charge is 2.28. The molecule has 0 aliphatic heterocycles. The normalized spacial score (nSPS) is 23.8. The van der Waals surface area contributed by atoms with Gasteiger partial charge in [-0.05, 0) is 11.8 Å². The monoisotopic (exact) mass is 185 g/mol. The van der Waals surface area contributed by atoms with E-state index in [2.05, 4.69) is 0 Å². The van der Waals surface area contributed by atoms with Crippen LogP contribution in [-0.2, 0) is 4.79 Å². The number of hydrogen-bond donors (Lipinski definition) is 2. The summed E-state index contributed by atoms with van der Waals surface area (Å²) in [6.07, 6.45) is 5.04. The highest BCUT2D eigenvalue weighted by atomic mass is 16.3. The van der Waals surface area contributed by atoms with Gasteiger partial charge in [-0.3, -0.25) is 4.79 Å². The molecule has 2 unspecified atom stereocenters. The molecule has 3 N–H and O–H groups in total. The molecule has 1 rings (SSSR count). The third kappa shape index (κ3) is 2.69. The van der Waals surface area contributed by atoms with Crippen LogP contribution in [0.4, 0.5) is 0 Å². The Morgan fingerprint density at radius 3 is 2.38 bits per heavy atom. The van der Waals surface area contributed by atoms with E-state index in [1.165, 1.54) is 19.3 Å². The van der Waals surface area contributed by atoms with Crippen LogP contribution in [0.3, 0.4) is 0 Å². The molecule has 13 heavy (non-hydrogen) atoms. The maximum absolute atomic E-state index is 10.8. The maximum Gasteiger partial charge on any atom is 0.246 e. The second-order valence-electron chi connectivity index (χ2n) is 4.10. The van der Waals surface area contributed by atoms with Crippen molar-refractivity contribution in [2.75, 3.05) is 0 Å².